The number of aryl methyl sites for hydroxylation is 3. The lowest BCUT2D eigenvalue weighted by Crippen LogP contribution is -2.12. The molecule has 0 radical (unpaired) electrons. The summed E-state index contributed by atoms with van der Waals surface area (Å²) in [6.45, 7) is 13.8. The zero-order chi connectivity index (χ0) is 38.1. The van der Waals surface area contributed by atoms with E-state index in [1.54, 1.807) is 16.7 Å². The van der Waals surface area contributed by atoms with Gasteiger partial charge in [0.05, 0.1) is 50.3 Å². The van der Waals surface area contributed by atoms with Crippen LogP contribution in [0.2, 0.25) is 0 Å². The highest BCUT2D eigenvalue weighted by Gasteiger charge is 2.37. The normalized spacial score (nSPS) is 12.1. The van der Waals surface area contributed by atoms with E-state index in [-0.39, 0.29) is 28.4 Å². The van der Waals surface area contributed by atoms with Crippen LogP contribution in [0.4, 0.5) is 26.3 Å². The average molecular weight is 718 g/mol. The number of nitriles is 1. The number of hydrogen-bond acceptors (Lipinski definition) is 1. The second-order valence-corrected chi connectivity index (χ2v) is 13.8. The van der Waals surface area contributed by atoms with Gasteiger partial charge in [-0.25, -0.2) is 0 Å². The first-order valence-electron chi connectivity index (χ1n) is 16.8. The van der Waals surface area contributed by atoms with E-state index < -0.39 is 23.5 Å². The van der Waals surface area contributed by atoms with Gasteiger partial charge in [-0.1, -0.05) is 53.1 Å². The minimum Gasteiger partial charge on any atom is -0.309 e. The molecule has 0 N–H and O–H groups in total. The van der Waals surface area contributed by atoms with Gasteiger partial charge < -0.3 is 9.13 Å². The van der Waals surface area contributed by atoms with Gasteiger partial charge in [0.25, 0.3) is 0 Å². The van der Waals surface area contributed by atoms with E-state index >= 15 is 0 Å². The van der Waals surface area contributed by atoms with Gasteiger partial charge in [0.1, 0.15) is 6.07 Å². The van der Waals surface area contributed by atoms with Gasteiger partial charge >= 0.3 is 12.4 Å². The summed E-state index contributed by atoms with van der Waals surface area (Å²) >= 11 is 0. The van der Waals surface area contributed by atoms with Crippen molar-refractivity contribution >= 4 is 44.9 Å². The van der Waals surface area contributed by atoms with Crippen LogP contribution in [0.5, 0.6) is 0 Å². The van der Waals surface area contributed by atoms with Crippen LogP contribution in [0.15, 0.2) is 97.1 Å². The number of rotatable bonds is 5. The van der Waals surface area contributed by atoms with Crippen LogP contribution in [0.3, 0.4) is 0 Å². The fourth-order valence-electron chi connectivity index (χ4n) is 7.24. The first-order chi connectivity index (χ1) is 25.0. The van der Waals surface area contributed by atoms with Crippen molar-refractivity contribution in [3.63, 3.8) is 0 Å². The molecular formula is C44H33F6N3. The van der Waals surface area contributed by atoms with Gasteiger partial charge in [-0.05, 0) is 113 Å². The van der Waals surface area contributed by atoms with E-state index in [0.717, 1.165) is 67.2 Å². The summed E-state index contributed by atoms with van der Waals surface area (Å²) < 4.78 is 89.8. The molecule has 2 aromatic heterocycles. The van der Waals surface area contributed by atoms with E-state index in [1.165, 1.54) is 6.07 Å². The van der Waals surface area contributed by atoms with Crippen molar-refractivity contribution in [2.45, 2.75) is 47.0 Å². The highest BCUT2D eigenvalue weighted by Crippen LogP contribution is 2.44. The van der Waals surface area contributed by atoms with Gasteiger partial charge in [-0.15, -0.1) is 0 Å². The van der Waals surface area contributed by atoms with Gasteiger partial charge in [-0.3, -0.25) is 0 Å². The summed E-state index contributed by atoms with van der Waals surface area (Å²) in [5.41, 5.74) is 4.92. The molecule has 9 heteroatoms. The molecule has 2 heterocycles. The summed E-state index contributed by atoms with van der Waals surface area (Å²) in [6.07, 6.45) is -6.58. The molecule has 0 spiro atoms. The third kappa shape index (κ3) is 6.08. The Balaban J connectivity index is 1.70. The van der Waals surface area contributed by atoms with Crippen molar-refractivity contribution in [3.05, 3.63) is 142 Å². The predicted molar refractivity (Wildman–Crippen MR) is 201 cm³/mol. The van der Waals surface area contributed by atoms with Crippen LogP contribution in [0.25, 0.3) is 67.4 Å². The Morgan fingerprint density at radius 2 is 1.13 bits per heavy atom. The third-order valence-electron chi connectivity index (χ3n) is 9.52. The monoisotopic (exact) mass is 717 g/mol. The minimum atomic E-state index is -5.07. The first-order valence-corrected chi connectivity index (χ1v) is 16.8. The lowest BCUT2D eigenvalue weighted by Gasteiger charge is -2.21. The van der Waals surface area contributed by atoms with Crippen LogP contribution in [-0.2, 0) is 12.4 Å². The number of halogens is 6. The molecule has 0 saturated carbocycles. The zero-order valence-electron chi connectivity index (χ0n) is 29.6. The van der Waals surface area contributed by atoms with Crippen molar-refractivity contribution < 1.29 is 26.3 Å². The molecule has 0 atom stereocenters. The summed E-state index contributed by atoms with van der Waals surface area (Å²) in [4.78, 5) is 0. The third-order valence-corrected chi connectivity index (χ3v) is 9.52. The molecule has 0 aliphatic rings. The molecule has 3 nitrogen and oxygen atoms in total. The summed E-state index contributed by atoms with van der Waals surface area (Å²) in [6, 6.07) is 24.4. The fraction of sp³-hybridized carbons (Fsp3) is 0.159. The van der Waals surface area contributed by atoms with Gasteiger partial charge in [0.2, 0.25) is 0 Å². The van der Waals surface area contributed by atoms with Crippen molar-refractivity contribution in [1.82, 2.24) is 9.13 Å². The van der Waals surface area contributed by atoms with Crippen molar-refractivity contribution in [2.24, 2.45) is 0 Å². The molecule has 0 saturated heterocycles. The Morgan fingerprint density at radius 1 is 0.642 bits per heavy atom. The summed E-state index contributed by atoms with van der Waals surface area (Å²) in [5, 5.41) is 13.4. The molecule has 0 aliphatic heterocycles. The van der Waals surface area contributed by atoms with E-state index in [1.807, 2.05) is 99.9 Å². The Kier molecular flexibility index (Phi) is 8.41. The fourth-order valence-corrected chi connectivity index (χ4v) is 7.24. The molecule has 266 valence electrons. The largest absolute Gasteiger partial charge is 0.416 e. The molecule has 53 heavy (non-hydrogen) atoms. The lowest BCUT2D eigenvalue weighted by molar-refractivity contribution is -0.143. The van der Waals surface area contributed by atoms with Crippen molar-refractivity contribution in [1.29, 1.82) is 5.26 Å². The topological polar surface area (TPSA) is 33.6 Å². The van der Waals surface area contributed by atoms with Gasteiger partial charge in [-0.2, -0.15) is 31.6 Å². The van der Waals surface area contributed by atoms with Crippen LogP contribution >= 0.6 is 0 Å². The summed E-state index contributed by atoms with van der Waals surface area (Å²) in [7, 11) is 0. The quantitative estimate of drug-likeness (QED) is 0.163. The average Bonchev–Trinajstić information content (AvgIpc) is 3.56. The second-order valence-electron chi connectivity index (χ2n) is 13.8. The number of alkyl halides is 6. The molecule has 0 fully saturated rings. The molecular weight excluding hydrogens is 684 g/mol. The van der Waals surface area contributed by atoms with Crippen molar-refractivity contribution in [3.8, 4) is 28.6 Å². The highest BCUT2D eigenvalue weighted by molar-refractivity contribution is 6.10. The number of fused-ring (bicyclic) bond motifs is 4. The smallest absolute Gasteiger partial charge is 0.309 e. The Morgan fingerprint density at radius 3 is 1.58 bits per heavy atom. The van der Waals surface area contributed by atoms with Crippen molar-refractivity contribution in [2.75, 3.05) is 0 Å². The SMILES string of the molecule is C=Cc1c(C=C(C)C)c2cc(C)ccc2n1-c1cc(C#N)c(-n2c3ccc(C)cc3c3cc(C)ccc32)cc1-c1cc(C(F)(F)F)cc(C(F)(F)F)c1. The Hall–Kier alpha value is -6.01. The molecule has 7 aromatic rings. The maximum absolute atomic E-state index is 14.4. The van der Waals surface area contributed by atoms with Gasteiger partial charge in [0, 0.05) is 27.3 Å². The van der Waals surface area contributed by atoms with E-state index in [9.17, 15) is 31.6 Å². The number of benzene rings is 5. The summed E-state index contributed by atoms with van der Waals surface area (Å²) in [5.74, 6) is 0. The molecule has 0 aliphatic carbocycles. The van der Waals surface area contributed by atoms with Gasteiger partial charge in [0.15, 0.2) is 0 Å². The van der Waals surface area contributed by atoms with Crippen LogP contribution in [-0.4, -0.2) is 9.13 Å². The van der Waals surface area contributed by atoms with E-state index in [2.05, 4.69) is 12.6 Å². The van der Waals surface area contributed by atoms with Crippen LogP contribution < -0.4 is 0 Å². The molecule has 5 aromatic carbocycles. The maximum atomic E-state index is 14.4. The first kappa shape index (κ1) is 35.4. The Labute approximate surface area is 302 Å². The number of nitrogens with zero attached hydrogens (tertiary/aromatic N) is 3. The van der Waals surface area contributed by atoms with E-state index in [0.29, 0.717) is 16.9 Å². The highest BCUT2D eigenvalue weighted by atomic mass is 19.4. The zero-order valence-corrected chi connectivity index (χ0v) is 29.6. The second kappa shape index (κ2) is 12.6. The molecule has 0 amide bonds. The number of allylic oxidation sites excluding steroid dienone is 1. The minimum absolute atomic E-state index is 0.0640. The number of hydrogen-bond donors (Lipinski definition) is 0. The number of aromatic nitrogens is 2. The standard InChI is InChI=1S/C44H33F6N3/c1-7-37-33(14-24(2)3)34-15-25(4)8-11-38(34)52(37)42-20-29(23-51)41(22-32(42)28-18-30(43(45,46)47)21-31(19-28)44(48,49)50)53-39-12-9-26(5)16-35(39)36-17-27(6)10-13-40(36)53/h7-22H,1H2,2-6H3. The van der Waals surface area contributed by atoms with Crippen LogP contribution in [0, 0.1) is 32.1 Å². The maximum Gasteiger partial charge on any atom is 0.416 e. The van der Waals surface area contributed by atoms with E-state index in [4.69, 9.17) is 0 Å². The molecule has 0 bridgehead atoms. The Bertz CT molecular complexity index is 2630. The lowest BCUT2D eigenvalue weighted by atomic mass is 9.95. The van der Waals surface area contributed by atoms with Crippen LogP contribution in [0.1, 0.15) is 58.5 Å². The predicted octanol–water partition coefficient (Wildman–Crippen LogP) is 13.3. The molecule has 7 rings (SSSR count). The molecule has 0 unspecified atom stereocenters.